The molecule has 1 amide bonds. The summed E-state index contributed by atoms with van der Waals surface area (Å²) >= 11 is 0. The lowest BCUT2D eigenvalue weighted by Gasteiger charge is -2.28. The van der Waals surface area contributed by atoms with Crippen LogP contribution < -0.4 is 5.32 Å². The third kappa shape index (κ3) is 3.80. The SMILES string of the molecule is CCCN(C(=O)COCC)C1CCNC1. The van der Waals surface area contributed by atoms with Crippen molar-refractivity contribution >= 4 is 5.91 Å². The van der Waals surface area contributed by atoms with Crippen LogP contribution in [0.15, 0.2) is 0 Å². The second kappa shape index (κ2) is 6.80. The molecule has 1 aliphatic heterocycles. The Bertz CT molecular complexity index is 191. The average Bonchev–Trinajstić information content (AvgIpc) is 2.75. The molecular weight excluding hydrogens is 192 g/mol. The highest BCUT2D eigenvalue weighted by molar-refractivity contribution is 5.77. The number of hydrogen-bond donors (Lipinski definition) is 1. The fraction of sp³-hybridized carbons (Fsp3) is 0.909. The van der Waals surface area contributed by atoms with Gasteiger partial charge in [-0.25, -0.2) is 0 Å². The van der Waals surface area contributed by atoms with E-state index in [1.54, 1.807) is 0 Å². The van der Waals surface area contributed by atoms with Crippen molar-refractivity contribution in [1.29, 1.82) is 0 Å². The fourth-order valence-corrected chi connectivity index (χ4v) is 1.93. The number of carbonyl (C=O) groups is 1. The molecule has 15 heavy (non-hydrogen) atoms. The minimum absolute atomic E-state index is 0.132. The van der Waals surface area contributed by atoms with Crippen LogP contribution in [0.1, 0.15) is 26.7 Å². The molecule has 1 aliphatic rings. The van der Waals surface area contributed by atoms with Gasteiger partial charge in [0, 0.05) is 25.7 Å². The summed E-state index contributed by atoms with van der Waals surface area (Å²) in [4.78, 5) is 13.8. The molecule has 1 atom stereocenters. The number of ether oxygens (including phenoxy) is 1. The summed E-state index contributed by atoms with van der Waals surface area (Å²) in [5.41, 5.74) is 0. The Morgan fingerprint density at radius 2 is 2.33 bits per heavy atom. The fourth-order valence-electron chi connectivity index (χ4n) is 1.93. The zero-order valence-corrected chi connectivity index (χ0v) is 9.79. The van der Waals surface area contributed by atoms with Gasteiger partial charge in [0.2, 0.25) is 5.91 Å². The van der Waals surface area contributed by atoms with Crippen LogP contribution in [0.3, 0.4) is 0 Å². The van der Waals surface area contributed by atoms with Gasteiger partial charge in [0.25, 0.3) is 0 Å². The maximum atomic E-state index is 11.9. The first-order valence-corrected chi connectivity index (χ1v) is 5.87. The largest absolute Gasteiger partial charge is 0.372 e. The molecule has 0 radical (unpaired) electrons. The molecule has 1 N–H and O–H groups in total. The lowest BCUT2D eigenvalue weighted by Crippen LogP contribution is -2.43. The third-order valence-corrected chi connectivity index (χ3v) is 2.69. The molecule has 1 fully saturated rings. The van der Waals surface area contributed by atoms with Gasteiger partial charge in [0.15, 0.2) is 0 Å². The highest BCUT2D eigenvalue weighted by Gasteiger charge is 2.25. The highest BCUT2D eigenvalue weighted by atomic mass is 16.5. The van der Waals surface area contributed by atoms with Crippen LogP contribution in [0.2, 0.25) is 0 Å². The summed E-state index contributed by atoms with van der Waals surface area (Å²) < 4.78 is 5.17. The topological polar surface area (TPSA) is 41.6 Å². The van der Waals surface area contributed by atoms with Crippen LogP contribution >= 0.6 is 0 Å². The van der Waals surface area contributed by atoms with Crippen LogP contribution in [0, 0.1) is 0 Å². The van der Waals surface area contributed by atoms with E-state index in [0.29, 0.717) is 12.6 Å². The second-order valence-electron chi connectivity index (χ2n) is 3.87. The normalized spacial score (nSPS) is 20.5. The molecule has 1 rings (SSSR count). The van der Waals surface area contributed by atoms with Crippen molar-refractivity contribution in [2.45, 2.75) is 32.7 Å². The van der Waals surface area contributed by atoms with Crippen LogP contribution in [0.4, 0.5) is 0 Å². The molecule has 0 spiro atoms. The molecule has 0 saturated carbocycles. The smallest absolute Gasteiger partial charge is 0.248 e. The van der Waals surface area contributed by atoms with Crippen molar-refractivity contribution < 1.29 is 9.53 Å². The maximum absolute atomic E-state index is 11.9. The van der Waals surface area contributed by atoms with E-state index in [9.17, 15) is 4.79 Å². The van der Waals surface area contributed by atoms with E-state index < -0.39 is 0 Å². The van der Waals surface area contributed by atoms with Crippen LogP contribution in [-0.2, 0) is 9.53 Å². The number of nitrogens with one attached hydrogen (secondary N) is 1. The molecular formula is C11H22N2O2. The quantitative estimate of drug-likeness (QED) is 0.705. The van der Waals surface area contributed by atoms with Crippen molar-refractivity contribution in [2.24, 2.45) is 0 Å². The standard InChI is InChI=1S/C11H22N2O2/c1-3-7-13(10-5-6-12-8-10)11(14)9-15-4-2/h10,12H,3-9H2,1-2H3. The maximum Gasteiger partial charge on any atom is 0.248 e. The van der Waals surface area contributed by atoms with Gasteiger partial charge in [-0.05, 0) is 26.3 Å². The van der Waals surface area contributed by atoms with Gasteiger partial charge >= 0.3 is 0 Å². The van der Waals surface area contributed by atoms with Crippen LogP contribution in [-0.4, -0.2) is 49.7 Å². The number of nitrogens with zero attached hydrogens (tertiary/aromatic N) is 1. The Labute approximate surface area is 92.0 Å². The number of hydrogen-bond acceptors (Lipinski definition) is 3. The first-order chi connectivity index (χ1) is 7.29. The van der Waals surface area contributed by atoms with Gasteiger partial charge in [0.1, 0.15) is 6.61 Å². The zero-order valence-electron chi connectivity index (χ0n) is 9.79. The van der Waals surface area contributed by atoms with Crippen molar-refractivity contribution in [3.63, 3.8) is 0 Å². The molecule has 0 aromatic heterocycles. The molecule has 4 heteroatoms. The summed E-state index contributed by atoms with van der Waals surface area (Å²) in [6.07, 6.45) is 2.08. The Morgan fingerprint density at radius 1 is 1.53 bits per heavy atom. The molecule has 1 saturated heterocycles. The monoisotopic (exact) mass is 214 g/mol. The van der Waals surface area contributed by atoms with E-state index in [1.807, 2.05) is 11.8 Å². The Hall–Kier alpha value is -0.610. The van der Waals surface area contributed by atoms with Crippen molar-refractivity contribution in [2.75, 3.05) is 32.8 Å². The first kappa shape index (κ1) is 12.5. The first-order valence-electron chi connectivity index (χ1n) is 5.87. The van der Waals surface area contributed by atoms with E-state index in [2.05, 4.69) is 12.2 Å². The van der Waals surface area contributed by atoms with Gasteiger partial charge in [-0.2, -0.15) is 0 Å². The minimum Gasteiger partial charge on any atom is -0.372 e. The van der Waals surface area contributed by atoms with Gasteiger partial charge < -0.3 is 15.0 Å². The lowest BCUT2D eigenvalue weighted by molar-refractivity contribution is -0.138. The van der Waals surface area contributed by atoms with Gasteiger partial charge in [0.05, 0.1) is 0 Å². The molecule has 1 heterocycles. The van der Waals surface area contributed by atoms with E-state index in [0.717, 1.165) is 32.5 Å². The number of rotatable bonds is 6. The van der Waals surface area contributed by atoms with Gasteiger partial charge in [-0.15, -0.1) is 0 Å². The minimum atomic E-state index is 0.132. The van der Waals surface area contributed by atoms with E-state index >= 15 is 0 Å². The van der Waals surface area contributed by atoms with Crippen LogP contribution in [0.5, 0.6) is 0 Å². The summed E-state index contributed by atoms with van der Waals surface area (Å²) in [6.45, 7) is 7.64. The van der Waals surface area contributed by atoms with Crippen LogP contribution in [0.25, 0.3) is 0 Å². The predicted molar refractivity (Wildman–Crippen MR) is 59.8 cm³/mol. The highest BCUT2D eigenvalue weighted by Crippen LogP contribution is 2.09. The second-order valence-corrected chi connectivity index (χ2v) is 3.87. The summed E-state index contributed by atoms with van der Waals surface area (Å²) in [5.74, 6) is 0.132. The molecule has 1 unspecified atom stereocenters. The van der Waals surface area contributed by atoms with E-state index in [1.165, 1.54) is 0 Å². The lowest BCUT2D eigenvalue weighted by atomic mass is 10.2. The van der Waals surface area contributed by atoms with Crippen molar-refractivity contribution in [1.82, 2.24) is 10.2 Å². The summed E-state index contributed by atoms with van der Waals surface area (Å²) in [7, 11) is 0. The zero-order chi connectivity index (χ0) is 11.1. The Morgan fingerprint density at radius 3 is 2.87 bits per heavy atom. The molecule has 0 aliphatic carbocycles. The third-order valence-electron chi connectivity index (χ3n) is 2.69. The van der Waals surface area contributed by atoms with Gasteiger partial charge in [-0.3, -0.25) is 4.79 Å². The molecule has 4 nitrogen and oxygen atoms in total. The molecule has 88 valence electrons. The van der Waals surface area contributed by atoms with E-state index in [-0.39, 0.29) is 12.5 Å². The Kier molecular flexibility index (Phi) is 5.65. The predicted octanol–water partition coefficient (Wildman–Crippen LogP) is 0.623. The molecule has 0 aromatic carbocycles. The van der Waals surface area contributed by atoms with E-state index in [4.69, 9.17) is 4.74 Å². The summed E-state index contributed by atoms with van der Waals surface area (Å²) in [6, 6.07) is 0.373. The number of carbonyl (C=O) groups excluding carboxylic acids is 1. The van der Waals surface area contributed by atoms with Crippen molar-refractivity contribution in [3.8, 4) is 0 Å². The number of amides is 1. The van der Waals surface area contributed by atoms with Crippen molar-refractivity contribution in [3.05, 3.63) is 0 Å². The molecule has 0 bridgehead atoms. The summed E-state index contributed by atoms with van der Waals surface area (Å²) in [5, 5.41) is 3.29. The average molecular weight is 214 g/mol. The Balaban J connectivity index is 2.43. The molecule has 0 aromatic rings. The van der Waals surface area contributed by atoms with Gasteiger partial charge in [-0.1, -0.05) is 6.92 Å².